The fourth-order valence-corrected chi connectivity index (χ4v) is 2.46. The summed E-state index contributed by atoms with van der Waals surface area (Å²) in [5.41, 5.74) is 3.36. The third-order valence-corrected chi connectivity index (χ3v) is 3.80. The van der Waals surface area contributed by atoms with Crippen LogP contribution in [0.4, 0.5) is 0 Å². The van der Waals surface area contributed by atoms with E-state index >= 15 is 0 Å². The first-order valence-corrected chi connectivity index (χ1v) is 7.84. The molecule has 0 fully saturated rings. The fourth-order valence-electron chi connectivity index (χ4n) is 2.46. The maximum atomic E-state index is 9.99. The lowest BCUT2D eigenvalue weighted by molar-refractivity contribution is 0.101. The van der Waals surface area contributed by atoms with E-state index in [1.54, 1.807) is 0 Å². The van der Waals surface area contributed by atoms with E-state index in [0.29, 0.717) is 6.54 Å². The number of rotatable bonds is 8. The van der Waals surface area contributed by atoms with Crippen molar-refractivity contribution >= 4 is 0 Å². The summed E-state index contributed by atoms with van der Waals surface area (Å²) in [7, 11) is 0. The second-order valence-electron chi connectivity index (χ2n) is 5.69. The molecule has 0 saturated heterocycles. The Labute approximate surface area is 132 Å². The monoisotopic (exact) mass is 299 g/mol. The third-order valence-electron chi connectivity index (χ3n) is 3.80. The summed E-state index contributed by atoms with van der Waals surface area (Å²) < 4.78 is 0. The zero-order valence-electron chi connectivity index (χ0n) is 13.2. The molecule has 2 aromatic rings. The van der Waals surface area contributed by atoms with E-state index in [9.17, 15) is 5.11 Å². The molecule has 0 heterocycles. The molecule has 0 bridgehead atoms. The molecule has 0 amide bonds. The summed E-state index contributed by atoms with van der Waals surface area (Å²) in [4.78, 5) is 2.26. The minimum Gasteiger partial charge on any atom is -0.392 e. The van der Waals surface area contributed by atoms with Gasteiger partial charge in [0, 0.05) is 19.6 Å². The van der Waals surface area contributed by atoms with Crippen molar-refractivity contribution in [3.63, 3.8) is 0 Å². The highest BCUT2D eigenvalue weighted by Crippen LogP contribution is 2.12. The maximum absolute atomic E-state index is 9.99. The Bertz CT molecular complexity index is 539. The molecular weight excluding hydrogens is 274 g/mol. The Kier molecular flexibility index (Phi) is 6.59. The number of aliphatic hydroxyl groups is 2. The van der Waals surface area contributed by atoms with Crippen LogP contribution in [0.2, 0.25) is 0 Å². The van der Waals surface area contributed by atoms with Crippen molar-refractivity contribution in [2.75, 3.05) is 6.54 Å². The molecule has 0 radical (unpaired) electrons. The molecule has 118 valence electrons. The topological polar surface area (TPSA) is 43.7 Å². The quantitative estimate of drug-likeness (QED) is 0.787. The van der Waals surface area contributed by atoms with Gasteiger partial charge in [0.15, 0.2) is 0 Å². The van der Waals surface area contributed by atoms with Crippen LogP contribution in [-0.2, 0) is 19.7 Å². The summed E-state index contributed by atoms with van der Waals surface area (Å²) >= 11 is 0. The lowest BCUT2D eigenvalue weighted by Crippen LogP contribution is -2.31. The Balaban J connectivity index is 2.05. The Hall–Kier alpha value is -1.68. The average molecular weight is 299 g/mol. The molecule has 0 spiro atoms. The normalized spacial score (nSPS) is 12.5. The minimum absolute atomic E-state index is 0.0720. The smallest absolute Gasteiger partial charge is 0.0681 e. The van der Waals surface area contributed by atoms with E-state index in [1.165, 1.54) is 11.1 Å². The van der Waals surface area contributed by atoms with E-state index in [2.05, 4.69) is 17.0 Å². The number of hydrogen-bond acceptors (Lipinski definition) is 3. The predicted octanol–water partition coefficient (Wildman–Crippen LogP) is 2.95. The molecule has 3 heteroatoms. The fraction of sp³-hybridized carbons (Fsp3) is 0.368. The van der Waals surface area contributed by atoms with Crippen LogP contribution in [0.5, 0.6) is 0 Å². The van der Waals surface area contributed by atoms with Gasteiger partial charge < -0.3 is 10.2 Å². The van der Waals surface area contributed by atoms with E-state index in [1.807, 2.05) is 49.4 Å². The highest BCUT2D eigenvalue weighted by Gasteiger charge is 2.11. The SMILES string of the molecule is CCC(O)CN(Cc1ccccc1)Cc1ccc(CO)cc1. The van der Waals surface area contributed by atoms with Crippen LogP contribution in [-0.4, -0.2) is 27.8 Å². The number of nitrogens with zero attached hydrogens (tertiary/aromatic N) is 1. The molecular formula is C19H25NO2. The van der Waals surface area contributed by atoms with E-state index in [0.717, 1.165) is 25.1 Å². The standard InChI is InChI=1S/C19H25NO2/c1-2-19(22)14-20(12-16-6-4-3-5-7-16)13-17-8-10-18(15-21)11-9-17/h3-11,19,21-22H,2,12-15H2,1H3. The maximum Gasteiger partial charge on any atom is 0.0681 e. The predicted molar refractivity (Wildman–Crippen MR) is 89.2 cm³/mol. The molecule has 1 unspecified atom stereocenters. The highest BCUT2D eigenvalue weighted by atomic mass is 16.3. The molecule has 2 rings (SSSR count). The lowest BCUT2D eigenvalue weighted by atomic mass is 10.1. The van der Waals surface area contributed by atoms with Gasteiger partial charge >= 0.3 is 0 Å². The molecule has 2 aromatic carbocycles. The van der Waals surface area contributed by atoms with Gasteiger partial charge in [-0.2, -0.15) is 0 Å². The van der Waals surface area contributed by atoms with E-state index in [4.69, 9.17) is 5.11 Å². The van der Waals surface area contributed by atoms with E-state index in [-0.39, 0.29) is 12.7 Å². The highest BCUT2D eigenvalue weighted by molar-refractivity contribution is 5.22. The first-order valence-electron chi connectivity index (χ1n) is 7.84. The molecule has 2 N–H and O–H groups in total. The van der Waals surface area contributed by atoms with Crippen LogP contribution in [0.25, 0.3) is 0 Å². The van der Waals surface area contributed by atoms with Gasteiger partial charge in [-0.1, -0.05) is 61.5 Å². The zero-order chi connectivity index (χ0) is 15.8. The van der Waals surface area contributed by atoms with Crippen LogP contribution in [0, 0.1) is 0 Å². The van der Waals surface area contributed by atoms with Crippen molar-refractivity contribution in [1.82, 2.24) is 4.90 Å². The van der Waals surface area contributed by atoms with Crippen molar-refractivity contribution in [1.29, 1.82) is 0 Å². The summed E-state index contributed by atoms with van der Waals surface area (Å²) in [5.74, 6) is 0. The van der Waals surface area contributed by atoms with Gasteiger partial charge in [0.1, 0.15) is 0 Å². The molecule has 0 saturated carbocycles. The average Bonchev–Trinajstić information content (AvgIpc) is 2.56. The summed E-state index contributed by atoms with van der Waals surface area (Å²) in [6.07, 6.45) is 0.454. The van der Waals surface area contributed by atoms with Gasteiger partial charge in [-0.15, -0.1) is 0 Å². The number of benzene rings is 2. The van der Waals surface area contributed by atoms with Gasteiger partial charge in [-0.25, -0.2) is 0 Å². The van der Waals surface area contributed by atoms with Crippen LogP contribution >= 0.6 is 0 Å². The van der Waals surface area contributed by atoms with E-state index < -0.39 is 0 Å². The Morgan fingerprint density at radius 2 is 1.41 bits per heavy atom. The third kappa shape index (κ3) is 5.26. The summed E-state index contributed by atoms with van der Waals surface area (Å²) in [6.45, 7) is 4.34. The molecule has 22 heavy (non-hydrogen) atoms. The van der Waals surface area contributed by atoms with Crippen LogP contribution in [0.15, 0.2) is 54.6 Å². The van der Waals surface area contributed by atoms with Crippen molar-refractivity contribution in [3.8, 4) is 0 Å². The van der Waals surface area contributed by atoms with Crippen molar-refractivity contribution < 1.29 is 10.2 Å². The summed E-state index contributed by atoms with van der Waals surface area (Å²) in [6, 6.07) is 18.3. The van der Waals surface area contributed by atoms with Gasteiger partial charge in [-0.3, -0.25) is 4.90 Å². The van der Waals surface area contributed by atoms with Crippen LogP contribution < -0.4 is 0 Å². The summed E-state index contributed by atoms with van der Waals surface area (Å²) in [5, 5.41) is 19.1. The molecule has 0 aliphatic heterocycles. The number of hydrogen-bond donors (Lipinski definition) is 2. The van der Waals surface area contributed by atoms with Crippen molar-refractivity contribution in [3.05, 3.63) is 71.3 Å². The first kappa shape index (κ1) is 16.7. The van der Waals surface area contributed by atoms with Gasteiger partial charge in [0.05, 0.1) is 12.7 Å². The van der Waals surface area contributed by atoms with Crippen molar-refractivity contribution in [2.45, 2.75) is 39.1 Å². The lowest BCUT2D eigenvalue weighted by Gasteiger charge is -2.25. The molecule has 1 atom stereocenters. The van der Waals surface area contributed by atoms with Gasteiger partial charge in [0.2, 0.25) is 0 Å². The molecule has 3 nitrogen and oxygen atoms in total. The van der Waals surface area contributed by atoms with Gasteiger partial charge in [-0.05, 0) is 23.1 Å². The molecule has 0 aliphatic rings. The van der Waals surface area contributed by atoms with Crippen molar-refractivity contribution in [2.24, 2.45) is 0 Å². The molecule has 0 aromatic heterocycles. The Morgan fingerprint density at radius 1 is 0.864 bits per heavy atom. The van der Waals surface area contributed by atoms with Crippen LogP contribution in [0.3, 0.4) is 0 Å². The number of aliphatic hydroxyl groups excluding tert-OH is 2. The largest absolute Gasteiger partial charge is 0.392 e. The first-order chi connectivity index (χ1) is 10.7. The Morgan fingerprint density at radius 3 is 1.95 bits per heavy atom. The second-order valence-corrected chi connectivity index (χ2v) is 5.69. The zero-order valence-corrected chi connectivity index (χ0v) is 13.2. The second kappa shape index (κ2) is 8.69. The van der Waals surface area contributed by atoms with Gasteiger partial charge in [0.25, 0.3) is 0 Å². The minimum atomic E-state index is -0.305. The molecule has 0 aliphatic carbocycles. The van der Waals surface area contributed by atoms with Crippen LogP contribution in [0.1, 0.15) is 30.0 Å².